The van der Waals surface area contributed by atoms with Gasteiger partial charge in [0.1, 0.15) is 16.7 Å². The Morgan fingerprint density at radius 2 is 2.00 bits per heavy atom. The van der Waals surface area contributed by atoms with Crippen molar-refractivity contribution in [2.45, 2.75) is 10.1 Å². The van der Waals surface area contributed by atoms with Crippen LogP contribution in [0.15, 0.2) is 73.7 Å². The number of hydrogen-bond acceptors (Lipinski definition) is 8. The number of allylic oxidation sites excluding steroid dienone is 1. The Balaban J connectivity index is 1.47. The molecule has 0 unspecified atom stereocenters. The van der Waals surface area contributed by atoms with E-state index in [1.54, 1.807) is 24.3 Å². The van der Waals surface area contributed by atoms with Gasteiger partial charge in [0.2, 0.25) is 5.89 Å². The van der Waals surface area contributed by atoms with E-state index in [1.165, 1.54) is 11.8 Å². The summed E-state index contributed by atoms with van der Waals surface area (Å²) in [6.07, 6.45) is 0. The molecule has 2 heterocycles. The number of para-hydroxylation sites is 1. The molecule has 29 heavy (non-hydrogen) atoms. The number of nitriles is 1. The Morgan fingerprint density at radius 1 is 1.24 bits per heavy atom. The highest BCUT2D eigenvalue weighted by molar-refractivity contribution is 8.03. The smallest absolute Gasteiger partial charge is 0.277 e. The monoisotopic (exact) mass is 440 g/mol. The van der Waals surface area contributed by atoms with E-state index in [-0.39, 0.29) is 22.3 Å². The van der Waals surface area contributed by atoms with Crippen LogP contribution in [0, 0.1) is 11.3 Å². The second-order valence-electron chi connectivity index (χ2n) is 6.01. The fraction of sp³-hybridized carbons (Fsp3) is 0.100. The second kappa shape index (κ2) is 8.33. The van der Waals surface area contributed by atoms with Crippen LogP contribution in [0.25, 0.3) is 11.5 Å². The Bertz CT molecular complexity index is 1150. The Labute approximate surface area is 180 Å². The summed E-state index contributed by atoms with van der Waals surface area (Å²) in [6, 6.07) is 16.9. The van der Waals surface area contributed by atoms with Crippen LogP contribution in [0.4, 0.5) is 5.69 Å². The molecule has 0 spiro atoms. The minimum atomic E-state index is -0.286. The van der Waals surface area contributed by atoms with E-state index >= 15 is 0 Å². The lowest BCUT2D eigenvalue weighted by atomic mass is 10.2. The zero-order valence-electron chi connectivity index (χ0n) is 15.1. The van der Waals surface area contributed by atoms with E-state index in [0.717, 1.165) is 27.9 Å². The second-order valence-corrected chi connectivity index (χ2v) is 8.41. The molecule has 4 rings (SSSR count). The highest BCUT2D eigenvalue weighted by atomic mass is 35.5. The third-order valence-electron chi connectivity index (χ3n) is 4.17. The first-order valence-corrected chi connectivity index (χ1v) is 10.6. The number of aromatic nitrogens is 2. The fourth-order valence-corrected chi connectivity index (χ4v) is 4.65. The highest BCUT2D eigenvalue weighted by Gasteiger charge is 2.28. The van der Waals surface area contributed by atoms with E-state index in [2.05, 4.69) is 16.3 Å². The van der Waals surface area contributed by atoms with E-state index in [1.807, 2.05) is 36.2 Å². The van der Waals surface area contributed by atoms with Gasteiger partial charge in [0.05, 0.1) is 11.4 Å². The molecule has 0 aliphatic carbocycles. The number of benzene rings is 2. The molecule has 0 radical (unpaired) electrons. The molecule has 3 aromatic rings. The summed E-state index contributed by atoms with van der Waals surface area (Å²) in [7, 11) is 1.85. The van der Waals surface area contributed by atoms with Gasteiger partial charge < -0.3 is 9.32 Å². The molecule has 1 aliphatic heterocycles. The summed E-state index contributed by atoms with van der Waals surface area (Å²) in [5, 5.41) is 19.1. The van der Waals surface area contributed by atoms with Gasteiger partial charge in [-0.1, -0.05) is 47.3 Å². The van der Waals surface area contributed by atoms with Crippen LogP contribution in [0.2, 0.25) is 5.02 Å². The average Bonchev–Trinajstić information content (AvgIpc) is 3.33. The van der Waals surface area contributed by atoms with E-state index < -0.39 is 0 Å². The van der Waals surface area contributed by atoms with Crippen LogP contribution in [0.1, 0.15) is 0 Å². The minimum Gasteiger partial charge on any atom is -0.411 e. The predicted octanol–water partition coefficient (Wildman–Crippen LogP) is 5.03. The lowest BCUT2D eigenvalue weighted by Gasteiger charge is -2.14. The normalized spacial score (nSPS) is 14.4. The Morgan fingerprint density at radius 3 is 2.72 bits per heavy atom. The number of rotatable bonds is 5. The van der Waals surface area contributed by atoms with Gasteiger partial charge in [0.15, 0.2) is 5.78 Å². The number of thioether (sulfide) groups is 2. The molecule has 1 aliphatic rings. The van der Waals surface area contributed by atoms with Gasteiger partial charge in [0, 0.05) is 22.5 Å². The molecule has 0 bridgehead atoms. The van der Waals surface area contributed by atoms with Gasteiger partial charge in [-0.3, -0.25) is 4.79 Å². The Hall–Kier alpha value is -2.73. The largest absolute Gasteiger partial charge is 0.411 e. The molecule has 0 saturated heterocycles. The molecule has 0 saturated carbocycles. The van der Waals surface area contributed by atoms with Crippen LogP contribution >= 0.6 is 35.1 Å². The summed E-state index contributed by atoms with van der Waals surface area (Å²) in [5.74, 6) is 0.0854. The minimum absolute atomic E-state index is 0.0272. The number of carbonyl (C=O) groups excluding carboxylic acids is 1. The lowest BCUT2D eigenvalue weighted by molar-refractivity contribution is -0.112. The van der Waals surface area contributed by atoms with Crippen molar-refractivity contribution in [1.82, 2.24) is 10.2 Å². The maximum Gasteiger partial charge on any atom is 0.277 e. The van der Waals surface area contributed by atoms with Crippen molar-refractivity contribution in [1.29, 1.82) is 5.26 Å². The van der Waals surface area contributed by atoms with Crippen molar-refractivity contribution >= 4 is 46.6 Å². The summed E-state index contributed by atoms with van der Waals surface area (Å²) < 4.78 is 5.60. The lowest BCUT2D eigenvalue weighted by Crippen LogP contribution is -2.16. The van der Waals surface area contributed by atoms with Crippen molar-refractivity contribution < 1.29 is 9.21 Å². The molecule has 0 atom stereocenters. The van der Waals surface area contributed by atoms with E-state index in [0.29, 0.717) is 15.9 Å². The van der Waals surface area contributed by atoms with Crippen LogP contribution in [-0.2, 0) is 4.79 Å². The number of Topliss-reactive ketones (excluding diaryl/α,β-unsaturated/α-hetero) is 1. The number of carbonyl (C=O) groups is 1. The summed E-state index contributed by atoms with van der Waals surface area (Å²) in [4.78, 5) is 15.6. The number of fused-ring (bicyclic) bond motifs is 1. The number of nitrogens with zero attached hydrogens (tertiary/aromatic N) is 4. The maximum atomic E-state index is 12.7. The number of anilines is 1. The van der Waals surface area contributed by atoms with Gasteiger partial charge in [-0.15, -0.1) is 10.2 Å². The molecular formula is C20H13ClN4O2S2. The molecule has 1 aromatic heterocycles. The Kier molecular flexibility index (Phi) is 5.62. The van der Waals surface area contributed by atoms with Crippen LogP contribution in [-0.4, -0.2) is 28.8 Å². The zero-order valence-corrected chi connectivity index (χ0v) is 17.5. The summed E-state index contributed by atoms with van der Waals surface area (Å²) in [6.45, 7) is 0. The van der Waals surface area contributed by atoms with Gasteiger partial charge in [-0.2, -0.15) is 5.26 Å². The molecule has 2 aromatic carbocycles. The van der Waals surface area contributed by atoms with Crippen molar-refractivity contribution in [3.05, 3.63) is 64.2 Å². The molecule has 144 valence electrons. The molecule has 9 heteroatoms. The van der Waals surface area contributed by atoms with Gasteiger partial charge >= 0.3 is 0 Å². The van der Waals surface area contributed by atoms with Crippen molar-refractivity contribution in [3.8, 4) is 17.5 Å². The number of halogens is 1. The van der Waals surface area contributed by atoms with Gasteiger partial charge in [0.25, 0.3) is 5.22 Å². The zero-order chi connectivity index (χ0) is 20.4. The third-order valence-corrected chi connectivity index (χ3v) is 6.47. The number of hydrogen-bond donors (Lipinski definition) is 0. The summed E-state index contributed by atoms with van der Waals surface area (Å²) >= 11 is 8.41. The SMILES string of the molecule is CN1/C(=C(\C#N)C(=O)CSc2nnc(-c3ccc(Cl)cc3)o2)Sc2ccccc21. The van der Waals surface area contributed by atoms with Crippen molar-refractivity contribution in [2.24, 2.45) is 0 Å². The van der Waals surface area contributed by atoms with Crippen LogP contribution in [0.3, 0.4) is 0 Å². The molecule has 6 nitrogen and oxygen atoms in total. The quantitative estimate of drug-likeness (QED) is 0.310. The van der Waals surface area contributed by atoms with Gasteiger partial charge in [-0.25, -0.2) is 0 Å². The van der Waals surface area contributed by atoms with Crippen molar-refractivity contribution in [3.63, 3.8) is 0 Å². The average molecular weight is 441 g/mol. The first-order valence-electron chi connectivity index (χ1n) is 8.47. The van der Waals surface area contributed by atoms with Crippen LogP contribution < -0.4 is 4.90 Å². The topological polar surface area (TPSA) is 83.0 Å². The van der Waals surface area contributed by atoms with E-state index in [9.17, 15) is 10.1 Å². The van der Waals surface area contributed by atoms with Crippen LogP contribution in [0.5, 0.6) is 0 Å². The molecular weight excluding hydrogens is 428 g/mol. The first kappa shape index (κ1) is 19.6. The third kappa shape index (κ3) is 4.03. The highest BCUT2D eigenvalue weighted by Crippen LogP contribution is 2.46. The molecule has 0 fully saturated rings. The maximum absolute atomic E-state index is 12.7. The molecule has 0 N–H and O–H groups in total. The molecule has 0 amide bonds. The standard InChI is InChI=1S/C20H13ClN4O2S2/c1-25-15-4-2-3-5-17(15)29-19(25)14(10-22)16(26)11-28-20-24-23-18(27-20)12-6-8-13(21)9-7-12/h2-9H,11H2,1H3/b19-14-. The van der Waals surface area contributed by atoms with Gasteiger partial charge in [-0.05, 0) is 36.4 Å². The number of ketones is 1. The van der Waals surface area contributed by atoms with Crippen molar-refractivity contribution in [2.75, 3.05) is 17.7 Å². The van der Waals surface area contributed by atoms with E-state index in [4.69, 9.17) is 16.0 Å². The first-order chi connectivity index (χ1) is 14.1. The predicted molar refractivity (Wildman–Crippen MR) is 114 cm³/mol. The summed E-state index contributed by atoms with van der Waals surface area (Å²) in [5.41, 5.74) is 1.84. The fourth-order valence-electron chi connectivity index (χ4n) is 2.73.